The number of nitrogens with zero attached hydrogens (tertiary/aromatic N) is 3. The molecule has 106 valence electrons. The van der Waals surface area contributed by atoms with Gasteiger partial charge in [0, 0.05) is 38.2 Å². The summed E-state index contributed by atoms with van der Waals surface area (Å²) in [6, 6.07) is 7.71. The van der Waals surface area contributed by atoms with Gasteiger partial charge in [0.15, 0.2) is 5.82 Å². The van der Waals surface area contributed by atoms with Gasteiger partial charge < -0.3 is 15.2 Å². The van der Waals surface area contributed by atoms with Gasteiger partial charge in [-0.2, -0.15) is 0 Å². The molecule has 2 aromatic rings. The Morgan fingerprint density at radius 3 is 2.90 bits per heavy atom. The first-order valence-electron chi connectivity index (χ1n) is 6.73. The van der Waals surface area contributed by atoms with Crippen molar-refractivity contribution in [2.24, 2.45) is 7.05 Å². The molecular weight excluding hydrogens is 252 g/mol. The number of rotatable bonds is 5. The predicted molar refractivity (Wildman–Crippen MR) is 81.7 cm³/mol. The third kappa shape index (κ3) is 3.17. The number of benzene rings is 1. The van der Waals surface area contributed by atoms with E-state index >= 15 is 0 Å². The highest BCUT2D eigenvalue weighted by molar-refractivity contribution is 5.43. The standard InChI is InChI=1S/C15H20N4O/c1-3-8-19(11-12-5-4-6-13(16)10-12)14-15(20)18(2)9-7-17-14/h4-7,9-10H,3,8,11,16H2,1-2H3. The molecule has 0 aliphatic carbocycles. The Balaban J connectivity index is 2.32. The van der Waals surface area contributed by atoms with Gasteiger partial charge in [0.05, 0.1) is 0 Å². The highest BCUT2D eigenvalue weighted by Gasteiger charge is 2.12. The summed E-state index contributed by atoms with van der Waals surface area (Å²) in [7, 11) is 1.73. The molecule has 20 heavy (non-hydrogen) atoms. The predicted octanol–water partition coefficient (Wildman–Crippen LogP) is 1.78. The van der Waals surface area contributed by atoms with Crippen LogP contribution in [0.15, 0.2) is 41.5 Å². The van der Waals surface area contributed by atoms with Crippen LogP contribution in [0.4, 0.5) is 11.5 Å². The monoisotopic (exact) mass is 272 g/mol. The normalized spacial score (nSPS) is 10.5. The fourth-order valence-electron chi connectivity index (χ4n) is 2.14. The lowest BCUT2D eigenvalue weighted by molar-refractivity contribution is 0.728. The van der Waals surface area contributed by atoms with E-state index in [-0.39, 0.29) is 5.56 Å². The first-order valence-corrected chi connectivity index (χ1v) is 6.73. The number of anilines is 2. The molecule has 5 nitrogen and oxygen atoms in total. The van der Waals surface area contributed by atoms with E-state index in [1.807, 2.05) is 29.2 Å². The zero-order chi connectivity index (χ0) is 14.5. The molecule has 0 amide bonds. The van der Waals surface area contributed by atoms with Crippen LogP contribution in [0.1, 0.15) is 18.9 Å². The van der Waals surface area contributed by atoms with Gasteiger partial charge in [-0.3, -0.25) is 4.79 Å². The van der Waals surface area contributed by atoms with Crippen LogP contribution in [0.2, 0.25) is 0 Å². The van der Waals surface area contributed by atoms with Gasteiger partial charge >= 0.3 is 0 Å². The topological polar surface area (TPSA) is 64.2 Å². The van der Waals surface area contributed by atoms with Crippen molar-refractivity contribution in [3.05, 3.63) is 52.6 Å². The summed E-state index contributed by atoms with van der Waals surface area (Å²) < 4.78 is 1.55. The number of hydrogen-bond acceptors (Lipinski definition) is 4. The molecule has 0 aliphatic rings. The second kappa shape index (κ2) is 6.23. The van der Waals surface area contributed by atoms with Crippen molar-refractivity contribution in [3.8, 4) is 0 Å². The number of aryl methyl sites for hydroxylation is 1. The van der Waals surface area contributed by atoms with Gasteiger partial charge in [0.1, 0.15) is 0 Å². The number of aromatic nitrogens is 2. The lowest BCUT2D eigenvalue weighted by atomic mass is 10.2. The smallest absolute Gasteiger partial charge is 0.293 e. The molecule has 2 rings (SSSR count). The maximum absolute atomic E-state index is 12.2. The number of nitrogen functional groups attached to an aromatic ring is 1. The van der Waals surface area contributed by atoms with E-state index < -0.39 is 0 Å². The highest BCUT2D eigenvalue weighted by atomic mass is 16.1. The molecule has 1 heterocycles. The van der Waals surface area contributed by atoms with Crippen molar-refractivity contribution in [2.75, 3.05) is 17.2 Å². The SMILES string of the molecule is CCCN(Cc1cccc(N)c1)c1nccn(C)c1=O. The lowest BCUT2D eigenvalue weighted by Gasteiger charge is -2.23. The van der Waals surface area contributed by atoms with E-state index in [4.69, 9.17) is 5.73 Å². The van der Waals surface area contributed by atoms with E-state index in [1.165, 1.54) is 0 Å². The molecule has 5 heteroatoms. The molecular formula is C15H20N4O. The van der Waals surface area contributed by atoms with E-state index in [0.717, 1.165) is 24.2 Å². The molecule has 0 fully saturated rings. The molecule has 0 spiro atoms. The molecule has 0 saturated heterocycles. The highest BCUT2D eigenvalue weighted by Crippen LogP contribution is 2.13. The average molecular weight is 272 g/mol. The Bertz CT molecular complexity index is 636. The average Bonchev–Trinajstić information content (AvgIpc) is 2.42. The quantitative estimate of drug-likeness (QED) is 0.843. The molecule has 1 aromatic heterocycles. The summed E-state index contributed by atoms with van der Waals surface area (Å²) in [5.74, 6) is 0.485. The van der Waals surface area contributed by atoms with Crippen LogP contribution < -0.4 is 16.2 Å². The first-order chi connectivity index (χ1) is 9.61. The minimum absolute atomic E-state index is 0.0788. The fourth-order valence-corrected chi connectivity index (χ4v) is 2.14. The molecule has 1 aromatic carbocycles. The van der Waals surface area contributed by atoms with E-state index in [2.05, 4.69) is 11.9 Å². The Morgan fingerprint density at radius 2 is 2.20 bits per heavy atom. The second-order valence-corrected chi connectivity index (χ2v) is 4.83. The Morgan fingerprint density at radius 1 is 1.40 bits per heavy atom. The molecule has 0 atom stereocenters. The van der Waals surface area contributed by atoms with Gasteiger partial charge in [0.25, 0.3) is 5.56 Å². The zero-order valence-corrected chi connectivity index (χ0v) is 11.9. The minimum Gasteiger partial charge on any atom is -0.399 e. The maximum Gasteiger partial charge on any atom is 0.293 e. The molecule has 0 bridgehead atoms. The maximum atomic E-state index is 12.2. The van der Waals surface area contributed by atoms with Gasteiger partial charge in [-0.25, -0.2) is 4.98 Å². The van der Waals surface area contributed by atoms with Crippen molar-refractivity contribution in [3.63, 3.8) is 0 Å². The second-order valence-electron chi connectivity index (χ2n) is 4.83. The summed E-state index contributed by atoms with van der Waals surface area (Å²) >= 11 is 0. The molecule has 2 N–H and O–H groups in total. The molecule has 0 unspecified atom stereocenters. The van der Waals surface area contributed by atoms with Gasteiger partial charge in [0.2, 0.25) is 0 Å². The zero-order valence-electron chi connectivity index (χ0n) is 11.9. The lowest BCUT2D eigenvalue weighted by Crippen LogP contribution is -2.32. The van der Waals surface area contributed by atoms with Crippen molar-refractivity contribution in [2.45, 2.75) is 19.9 Å². The third-order valence-electron chi connectivity index (χ3n) is 3.12. The number of hydrogen-bond donors (Lipinski definition) is 1. The largest absolute Gasteiger partial charge is 0.399 e. The first kappa shape index (κ1) is 14.1. The Labute approximate surface area is 118 Å². The summed E-state index contributed by atoms with van der Waals surface area (Å²) in [6.07, 6.45) is 4.26. The third-order valence-corrected chi connectivity index (χ3v) is 3.12. The van der Waals surface area contributed by atoms with Crippen molar-refractivity contribution in [1.82, 2.24) is 9.55 Å². The van der Waals surface area contributed by atoms with Crippen LogP contribution in [0.25, 0.3) is 0 Å². The van der Waals surface area contributed by atoms with Crippen LogP contribution in [-0.4, -0.2) is 16.1 Å². The molecule has 0 saturated carbocycles. The fraction of sp³-hybridized carbons (Fsp3) is 0.333. The molecule has 0 radical (unpaired) electrons. The van der Waals surface area contributed by atoms with Crippen molar-refractivity contribution >= 4 is 11.5 Å². The number of nitrogens with two attached hydrogens (primary N) is 1. The van der Waals surface area contributed by atoms with E-state index in [0.29, 0.717) is 12.4 Å². The van der Waals surface area contributed by atoms with Gasteiger partial charge in [-0.05, 0) is 24.1 Å². The van der Waals surface area contributed by atoms with Crippen molar-refractivity contribution < 1.29 is 0 Å². The Hall–Kier alpha value is -2.30. The van der Waals surface area contributed by atoms with Crippen LogP contribution in [-0.2, 0) is 13.6 Å². The minimum atomic E-state index is -0.0788. The Kier molecular flexibility index (Phi) is 4.40. The summed E-state index contributed by atoms with van der Waals surface area (Å²) in [5.41, 5.74) is 7.53. The van der Waals surface area contributed by atoms with Gasteiger partial charge in [-0.1, -0.05) is 19.1 Å². The summed E-state index contributed by atoms with van der Waals surface area (Å²) in [5, 5.41) is 0. The van der Waals surface area contributed by atoms with E-state index in [1.54, 1.807) is 24.0 Å². The summed E-state index contributed by atoms with van der Waals surface area (Å²) in [4.78, 5) is 18.4. The van der Waals surface area contributed by atoms with Crippen LogP contribution in [0.5, 0.6) is 0 Å². The van der Waals surface area contributed by atoms with E-state index in [9.17, 15) is 4.79 Å². The van der Waals surface area contributed by atoms with Crippen LogP contribution in [0.3, 0.4) is 0 Å². The molecule has 0 aliphatic heterocycles. The van der Waals surface area contributed by atoms with Gasteiger partial charge in [-0.15, -0.1) is 0 Å². The van der Waals surface area contributed by atoms with Crippen molar-refractivity contribution in [1.29, 1.82) is 0 Å². The summed E-state index contributed by atoms with van der Waals surface area (Å²) in [6.45, 7) is 3.49. The van der Waals surface area contributed by atoms with Crippen LogP contribution in [0, 0.1) is 0 Å². The van der Waals surface area contributed by atoms with Crippen LogP contribution >= 0.6 is 0 Å².